The zero-order chi connectivity index (χ0) is 26.6. The molecular weight excluding hydrogens is 506 g/mol. The lowest BCUT2D eigenvalue weighted by atomic mass is 9.89. The highest BCUT2D eigenvalue weighted by atomic mass is 32.1. The van der Waals surface area contributed by atoms with Crippen molar-refractivity contribution >= 4 is 51.3 Å². The lowest BCUT2D eigenvalue weighted by Gasteiger charge is -2.13. The number of hydrogen-bond donors (Lipinski definition) is 3. The number of nitrogens with zero attached hydrogens (tertiary/aromatic N) is 1. The fourth-order valence-electron chi connectivity index (χ4n) is 4.06. The standard InChI is InChI=1S/C29H20F2N4O2S/c30-19-13-18(14-20(31)15-19)27(37)25(26(36)17-7-3-1-4-8-17)28-34-23-12-11-22(16-24(23)35-28)33-29(38)32-21-9-5-2-6-10-21/h1-16,25H,(H,34,35)(H2,32,33,38). The van der Waals surface area contributed by atoms with Gasteiger partial charge in [-0.1, -0.05) is 48.5 Å². The monoisotopic (exact) mass is 526 g/mol. The summed E-state index contributed by atoms with van der Waals surface area (Å²) in [7, 11) is 0. The van der Waals surface area contributed by atoms with Crippen LogP contribution in [0.5, 0.6) is 0 Å². The van der Waals surface area contributed by atoms with E-state index in [9.17, 15) is 18.4 Å². The highest BCUT2D eigenvalue weighted by Gasteiger charge is 2.33. The van der Waals surface area contributed by atoms with Crippen molar-refractivity contribution in [2.24, 2.45) is 0 Å². The van der Waals surface area contributed by atoms with Gasteiger partial charge in [0.1, 0.15) is 23.4 Å². The van der Waals surface area contributed by atoms with E-state index in [4.69, 9.17) is 12.2 Å². The van der Waals surface area contributed by atoms with Crippen molar-refractivity contribution in [3.8, 4) is 0 Å². The van der Waals surface area contributed by atoms with Crippen LogP contribution in [0.3, 0.4) is 0 Å². The van der Waals surface area contributed by atoms with Gasteiger partial charge in [0.2, 0.25) is 0 Å². The number of anilines is 2. The largest absolute Gasteiger partial charge is 0.341 e. The first kappa shape index (κ1) is 24.9. The van der Waals surface area contributed by atoms with Crippen molar-refractivity contribution in [1.29, 1.82) is 0 Å². The average molecular weight is 527 g/mol. The molecule has 188 valence electrons. The number of imidazole rings is 1. The van der Waals surface area contributed by atoms with Crippen molar-refractivity contribution in [3.63, 3.8) is 0 Å². The third-order valence-corrected chi connectivity index (χ3v) is 6.00. The average Bonchev–Trinajstić information content (AvgIpc) is 3.32. The molecule has 3 N–H and O–H groups in total. The molecule has 5 aromatic rings. The second-order valence-corrected chi connectivity index (χ2v) is 8.89. The Kier molecular flexibility index (Phi) is 7.01. The topological polar surface area (TPSA) is 86.9 Å². The lowest BCUT2D eigenvalue weighted by Crippen LogP contribution is -2.24. The predicted octanol–water partition coefficient (Wildman–Crippen LogP) is 6.50. The first-order valence-electron chi connectivity index (χ1n) is 11.6. The number of rotatable bonds is 7. The first-order chi connectivity index (χ1) is 18.4. The second-order valence-electron chi connectivity index (χ2n) is 8.48. The second kappa shape index (κ2) is 10.7. The van der Waals surface area contributed by atoms with Gasteiger partial charge in [0.15, 0.2) is 16.7 Å². The number of aromatic nitrogens is 2. The van der Waals surface area contributed by atoms with Crippen LogP contribution in [-0.2, 0) is 0 Å². The summed E-state index contributed by atoms with van der Waals surface area (Å²) >= 11 is 5.39. The molecule has 5 rings (SSSR count). The number of para-hydroxylation sites is 1. The minimum atomic E-state index is -1.44. The molecule has 0 radical (unpaired) electrons. The minimum Gasteiger partial charge on any atom is -0.341 e. The molecule has 0 aliphatic rings. The number of thiocarbonyl (C=S) groups is 1. The molecule has 0 aliphatic carbocycles. The molecule has 38 heavy (non-hydrogen) atoms. The maximum atomic E-state index is 13.9. The molecule has 0 fully saturated rings. The van der Waals surface area contributed by atoms with Gasteiger partial charge in [0.25, 0.3) is 0 Å². The molecule has 1 unspecified atom stereocenters. The Labute approximate surface area is 221 Å². The molecule has 0 aliphatic heterocycles. The number of aromatic amines is 1. The van der Waals surface area contributed by atoms with E-state index in [1.807, 2.05) is 30.3 Å². The van der Waals surface area contributed by atoms with Crippen molar-refractivity contribution in [1.82, 2.24) is 9.97 Å². The number of fused-ring (bicyclic) bond motifs is 1. The van der Waals surface area contributed by atoms with Crippen LogP contribution in [0.15, 0.2) is 97.1 Å². The molecule has 1 heterocycles. The molecule has 0 amide bonds. The molecule has 4 aromatic carbocycles. The Hall–Kier alpha value is -4.76. The van der Waals surface area contributed by atoms with Crippen molar-refractivity contribution in [3.05, 3.63) is 126 Å². The summed E-state index contributed by atoms with van der Waals surface area (Å²) in [6.07, 6.45) is 0. The van der Waals surface area contributed by atoms with Crippen LogP contribution in [0.1, 0.15) is 32.5 Å². The van der Waals surface area contributed by atoms with Crippen molar-refractivity contribution in [2.75, 3.05) is 10.6 Å². The molecule has 1 aromatic heterocycles. The summed E-state index contributed by atoms with van der Waals surface area (Å²) < 4.78 is 27.8. The molecule has 0 saturated carbocycles. The fourth-order valence-corrected chi connectivity index (χ4v) is 4.29. The zero-order valence-corrected chi connectivity index (χ0v) is 20.6. The predicted molar refractivity (Wildman–Crippen MR) is 147 cm³/mol. The van der Waals surface area contributed by atoms with Gasteiger partial charge in [-0.25, -0.2) is 13.8 Å². The fraction of sp³-hybridized carbons (Fsp3) is 0.0345. The Balaban J connectivity index is 1.48. The lowest BCUT2D eigenvalue weighted by molar-refractivity contribution is 0.0855. The van der Waals surface area contributed by atoms with Gasteiger partial charge in [-0.2, -0.15) is 0 Å². The zero-order valence-electron chi connectivity index (χ0n) is 19.7. The molecule has 9 heteroatoms. The van der Waals surface area contributed by atoms with Crippen molar-refractivity contribution in [2.45, 2.75) is 5.92 Å². The van der Waals surface area contributed by atoms with E-state index in [2.05, 4.69) is 20.6 Å². The third kappa shape index (κ3) is 5.47. The summed E-state index contributed by atoms with van der Waals surface area (Å²) in [5.41, 5.74) is 2.50. The van der Waals surface area contributed by atoms with Crippen LogP contribution < -0.4 is 10.6 Å². The Morgan fingerprint density at radius 3 is 2.03 bits per heavy atom. The van der Waals surface area contributed by atoms with Gasteiger partial charge in [-0.05, 0) is 54.7 Å². The van der Waals surface area contributed by atoms with Gasteiger partial charge in [0.05, 0.1) is 11.0 Å². The van der Waals surface area contributed by atoms with Crippen molar-refractivity contribution < 1.29 is 18.4 Å². The van der Waals surface area contributed by atoms with Gasteiger partial charge < -0.3 is 15.6 Å². The number of hydrogen-bond acceptors (Lipinski definition) is 4. The summed E-state index contributed by atoms with van der Waals surface area (Å²) in [5, 5.41) is 6.54. The molecule has 6 nitrogen and oxygen atoms in total. The van der Waals surface area contributed by atoms with Crippen LogP contribution in [0.25, 0.3) is 11.0 Å². The Bertz CT molecular complexity index is 1640. The molecule has 0 saturated heterocycles. The van der Waals surface area contributed by atoms with Crippen LogP contribution in [0.4, 0.5) is 20.2 Å². The quantitative estimate of drug-likeness (QED) is 0.128. The molecule has 0 bridgehead atoms. The molecular formula is C29H20F2N4O2S. The summed E-state index contributed by atoms with van der Waals surface area (Å²) in [6.45, 7) is 0. The van der Waals surface area contributed by atoms with Crippen LogP contribution >= 0.6 is 12.2 Å². The maximum Gasteiger partial charge on any atom is 0.181 e. The van der Waals surface area contributed by atoms with E-state index in [-0.39, 0.29) is 17.0 Å². The number of ketones is 2. The first-order valence-corrected chi connectivity index (χ1v) is 12.0. The normalized spacial score (nSPS) is 11.6. The minimum absolute atomic E-state index is 0.0608. The summed E-state index contributed by atoms with van der Waals surface area (Å²) in [5.74, 6) is -4.54. The number of benzene rings is 4. The SMILES string of the molecule is O=C(c1ccccc1)C(C(=O)c1cc(F)cc(F)c1)c1nc2ccc(NC(=S)Nc3ccccc3)cc2[nH]1. The van der Waals surface area contributed by atoms with Gasteiger partial charge >= 0.3 is 0 Å². The van der Waals surface area contributed by atoms with E-state index >= 15 is 0 Å². The third-order valence-electron chi connectivity index (χ3n) is 5.79. The van der Waals surface area contributed by atoms with E-state index in [1.54, 1.807) is 48.5 Å². The van der Waals surface area contributed by atoms with Gasteiger partial charge in [0, 0.05) is 28.6 Å². The number of nitrogens with one attached hydrogen (secondary N) is 3. The highest BCUT2D eigenvalue weighted by Crippen LogP contribution is 2.28. The molecule has 1 atom stereocenters. The number of Topliss-reactive ketones (excluding diaryl/α,β-unsaturated/α-hetero) is 2. The number of halogens is 2. The van der Waals surface area contributed by atoms with E-state index < -0.39 is 29.1 Å². The summed E-state index contributed by atoms with van der Waals surface area (Å²) in [4.78, 5) is 34.5. The van der Waals surface area contributed by atoms with Gasteiger partial charge in [-0.3, -0.25) is 9.59 Å². The molecule has 0 spiro atoms. The van der Waals surface area contributed by atoms with E-state index in [0.29, 0.717) is 27.9 Å². The van der Waals surface area contributed by atoms with Crippen LogP contribution in [0.2, 0.25) is 0 Å². The number of H-pyrrole nitrogens is 1. The maximum absolute atomic E-state index is 13.9. The number of carbonyl (C=O) groups excluding carboxylic acids is 2. The number of carbonyl (C=O) groups is 2. The smallest absolute Gasteiger partial charge is 0.181 e. The Morgan fingerprint density at radius 2 is 1.34 bits per heavy atom. The summed E-state index contributed by atoms with van der Waals surface area (Å²) in [6, 6.07) is 25.3. The van der Waals surface area contributed by atoms with E-state index in [1.165, 1.54) is 0 Å². The Morgan fingerprint density at radius 1 is 0.737 bits per heavy atom. The van der Waals surface area contributed by atoms with Gasteiger partial charge in [-0.15, -0.1) is 0 Å². The van der Waals surface area contributed by atoms with Crippen LogP contribution in [0, 0.1) is 11.6 Å². The van der Waals surface area contributed by atoms with E-state index in [0.717, 1.165) is 17.8 Å². The highest BCUT2D eigenvalue weighted by molar-refractivity contribution is 7.80. The van der Waals surface area contributed by atoms with Crippen LogP contribution in [-0.4, -0.2) is 26.6 Å².